The van der Waals surface area contributed by atoms with Gasteiger partial charge in [-0.25, -0.2) is 4.68 Å². The summed E-state index contributed by atoms with van der Waals surface area (Å²) < 4.78 is 7.15. The Morgan fingerprint density at radius 2 is 1.62 bits per heavy atom. The molecule has 1 saturated heterocycles. The van der Waals surface area contributed by atoms with Crippen molar-refractivity contribution in [3.05, 3.63) is 105 Å². The van der Waals surface area contributed by atoms with Crippen LogP contribution < -0.4 is 9.64 Å². The Kier molecular flexibility index (Phi) is 7.09. The van der Waals surface area contributed by atoms with E-state index >= 15 is 0 Å². The first-order chi connectivity index (χ1) is 18.0. The average Bonchev–Trinajstić information content (AvgIpc) is 3.38. The molecule has 5 rings (SSSR count). The zero-order valence-electron chi connectivity index (χ0n) is 20.9. The summed E-state index contributed by atoms with van der Waals surface area (Å²) in [6.07, 6.45) is 0. The Morgan fingerprint density at radius 1 is 0.946 bits per heavy atom. The molecule has 0 unspecified atom stereocenters. The number of piperazine rings is 1. The van der Waals surface area contributed by atoms with Gasteiger partial charge in [0.25, 0.3) is 5.69 Å². The summed E-state index contributed by atoms with van der Waals surface area (Å²) in [5.74, 6) is 1.60. The van der Waals surface area contributed by atoms with Gasteiger partial charge in [-0.2, -0.15) is 0 Å². The molecule has 0 aliphatic carbocycles. The molecule has 1 atom stereocenters. The molecule has 0 spiro atoms. The Morgan fingerprint density at radius 3 is 2.24 bits per heavy atom. The Bertz CT molecular complexity index is 1330. The largest absolute Gasteiger partial charge is 0.497 e. The van der Waals surface area contributed by atoms with Crippen LogP contribution in [0.15, 0.2) is 72.8 Å². The summed E-state index contributed by atoms with van der Waals surface area (Å²) in [5.41, 5.74) is 4.51. The van der Waals surface area contributed by atoms with Gasteiger partial charge in [-0.1, -0.05) is 42.0 Å². The first kappa shape index (κ1) is 24.4. The lowest BCUT2D eigenvalue weighted by Gasteiger charge is -2.40. The molecule has 2 heterocycles. The number of aryl methyl sites for hydroxylation is 1. The molecule has 1 aliphatic heterocycles. The van der Waals surface area contributed by atoms with Gasteiger partial charge in [0, 0.05) is 44.0 Å². The van der Waals surface area contributed by atoms with Crippen molar-refractivity contribution in [2.45, 2.75) is 19.5 Å². The highest BCUT2D eigenvalue weighted by atomic mass is 16.6. The molecule has 3 aromatic carbocycles. The molecule has 0 radical (unpaired) electrons. The molecule has 1 aliphatic rings. The average molecular weight is 500 g/mol. The van der Waals surface area contributed by atoms with Crippen molar-refractivity contribution in [2.24, 2.45) is 0 Å². The number of ether oxygens (including phenoxy) is 1. The molecule has 0 amide bonds. The molecule has 0 N–H and O–H groups in total. The number of benzene rings is 3. The topological polar surface area (TPSA) is 102 Å². The highest BCUT2D eigenvalue weighted by Crippen LogP contribution is 2.30. The fourth-order valence-electron chi connectivity index (χ4n) is 4.72. The number of nitro benzene ring substituents is 1. The Balaban J connectivity index is 1.38. The van der Waals surface area contributed by atoms with E-state index in [0.29, 0.717) is 6.54 Å². The zero-order valence-corrected chi connectivity index (χ0v) is 20.9. The van der Waals surface area contributed by atoms with Gasteiger partial charge in [-0.05, 0) is 52.7 Å². The van der Waals surface area contributed by atoms with Crippen molar-refractivity contribution < 1.29 is 9.66 Å². The van der Waals surface area contributed by atoms with Gasteiger partial charge in [0.05, 0.1) is 24.6 Å². The molecule has 0 saturated carbocycles. The zero-order chi connectivity index (χ0) is 25.8. The lowest BCUT2D eigenvalue weighted by atomic mass is 10.0. The van der Waals surface area contributed by atoms with Crippen molar-refractivity contribution in [3.63, 3.8) is 0 Å². The van der Waals surface area contributed by atoms with E-state index in [4.69, 9.17) is 4.74 Å². The number of aromatic nitrogens is 4. The van der Waals surface area contributed by atoms with Gasteiger partial charge in [-0.15, -0.1) is 5.10 Å². The van der Waals surface area contributed by atoms with E-state index in [0.717, 1.165) is 54.6 Å². The summed E-state index contributed by atoms with van der Waals surface area (Å²) in [6.45, 7) is 5.81. The van der Waals surface area contributed by atoms with Crippen LogP contribution >= 0.6 is 0 Å². The summed E-state index contributed by atoms with van der Waals surface area (Å²) in [4.78, 5) is 15.3. The minimum absolute atomic E-state index is 0.102. The third-order valence-electron chi connectivity index (χ3n) is 6.79. The van der Waals surface area contributed by atoms with Gasteiger partial charge >= 0.3 is 0 Å². The summed E-state index contributed by atoms with van der Waals surface area (Å²) >= 11 is 0. The van der Waals surface area contributed by atoms with Gasteiger partial charge in [0.1, 0.15) is 5.75 Å². The number of anilines is 1. The molecule has 37 heavy (non-hydrogen) atoms. The van der Waals surface area contributed by atoms with E-state index < -0.39 is 0 Å². The fraction of sp³-hybridized carbons (Fsp3) is 0.296. The van der Waals surface area contributed by atoms with Crippen LogP contribution in [-0.4, -0.2) is 63.3 Å². The third kappa shape index (κ3) is 5.44. The van der Waals surface area contributed by atoms with Gasteiger partial charge in [0.2, 0.25) is 0 Å². The first-order valence-electron chi connectivity index (χ1n) is 12.2. The van der Waals surface area contributed by atoms with Crippen LogP contribution in [-0.2, 0) is 6.54 Å². The van der Waals surface area contributed by atoms with Crippen LogP contribution in [0.3, 0.4) is 0 Å². The summed E-state index contributed by atoms with van der Waals surface area (Å²) in [7, 11) is 1.65. The number of non-ortho nitro benzene ring substituents is 1. The van der Waals surface area contributed by atoms with E-state index in [2.05, 4.69) is 56.5 Å². The molecule has 4 aromatic rings. The van der Waals surface area contributed by atoms with Crippen LogP contribution in [0.2, 0.25) is 0 Å². The monoisotopic (exact) mass is 499 g/mol. The van der Waals surface area contributed by atoms with E-state index in [-0.39, 0.29) is 16.7 Å². The van der Waals surface area contributed by atoms with Gasteiger partial charge in [0.15, 0.2) is 5.82 Å². The smallest absolute Gasteiger partial charge is 0.269 e. The fourth-order valence-corrected chi connectivity index (χ4v) is 4.72. The van der Waals surface area contributed by atoms with E-state index in [1.165, 1.54) is 5.56 Å². The van der Waals surface area contributed by atoms with Crippen molar-refractivity contribution in [1.82, 2.24) is 25.1 Å². The number of methoxy groups -OCH3 is 1. The molecular formula is C27H29N7O3. The highest BCUT2D eigenvalue weighted by molar-refractivity contribution is 5.51. The second kappa shape index (κ2) is 10.8. The second-order valence-corrected chi connectivity index (χ2v) is 9.15. The van der Waals surface area contributed by atoms with Crippen LogP contribution in [0, 0.1) is 17.0 Å². The second-order valence-electron chi connectivity index (χ2n) is 9.15. The van der Waals surface area contributed by atoms with Crippen LogP contribution in [0.25, 0.3) is 0 Å². The quantitative estimate of drug-likeness (QED) is 0.266. The van der Waals surface area contributed by atoms with E-state index in [9.17, 15) is 10.1 Å². The maximum absolute atomic E-state index is 11.0. The number of nitrogens with zero attached hydrogens (tertiary/aromatic N) is 7. The van der Waals surface area contributed by atoms with Crippen LogP contribution in [0.5, 0.6) is 5.75 Å². The SMILES string of the molecule is COc1ccc(Cn2nnnc2[C@H](c2ccc(C)cc2)N2CCN(c3ccc([N+](=O)[O-])cc3)CC2)cc1. The van der Waals surface area contributed by atoms with Gasteiger partial charge < -0.3 is 9.64 Å². The lowest BCUT2D eigenvalue weighted by molar-refractivity contribution is -0.384. The predicted molar refractivity (Wildman–Crippen MR) is 140 cm³/mol. The highest BCUT2D eigenvalue weighted by Gasteiger charge is 2.31. The standard InChI is InChI=1S/C27H29N7O3/c1-20-3-7-22(8-4-20)26(27-28-29-30-33(27)19-21-5-13-25(37-2)14-6-21)32-17-15-31(16-18-32)23-9-11-24(12-10-23)34(35)36/h3-14,26H,15-19H2,1-2H3/t26-/m0/s1. The minimum Gasteiger partial charge on any atom is -0.497 e. The molecule has 10 heteroatoms. The number of rotatable bonds is 8. The number of nitro groups is 1. The van der Waals surface area contributed by atoms with Crippen molar-refractivity contribution in [3.8, 4) is 5.75 Å². The minimum atomic E-state index is -0.371. The molecule has 0 bridgehead atoms. The Hall–Kier alpha value is -4.31. The normalized spacial score (nSPS) is 14.9. The van der Waals surface area contributed by atoms with E-state index in [1.807, 2.05) is 41.1 Å². The van der Waals surface area contributed by atoms with Crippen molar-refractivity contribution >= 4 is 11.4 Å². The van der Waals surface area contributed by atoms with Crippen LogP contribution in [0.1, 0.15) is 28.6 Å². The number of hydrogen-bond donors (Lipinski definition) is 0. The number of hydrogen-bond acceptors (Lipinski definition) is 8. The molecule has 1 fully saturated rings. The molecule has 190 valence electrons. The predicted octanol–water partition coefficient (Wildman–Crippen LogP) is 3.86. The summed E-state index contributed by atoms with van der Waals surface area (Å²) in [6, 6.07) is 23.1. The van der Waals surface area contributed by atoms with E-state index in [1.54, 1.807) is 19.2 Å². The van der Waals surface area contributed by atoms with Gasteiger partial charge in [-0.3, -0.25) is 15.0 Å². The van der Waals surface area contributed by atoms with Crippen molar-refractivity contribution in [2.75, 3.05) is 38.2 Å². The Labute approximate surface area is 215 Å². The lowest BCUT2D eigenvalue weighted by Crippen LogP contribution is -2.48. The molecule has 10 nitrogen and oxygen atoms in total. The summed E-state index contributed by atoms with van der Waals surface area (Å²) in [5, 5.41) is 23.9. The first-order valence-corrected chi connectivity index (χ1v) is 12.2. The number of tetrazole rings is 1. The maximum Gasteiger partial charge on any atom is 0.269 e. The molecule has 1 aromatic heterocycles. The molecular weight excluding hydrogens is 470 g/mol. The van der Waals surface area contributed by atoms with Crippen molar-refractivity contribution in [1.29, 1.82) is 0 Å². The maximum atomic E-state index is 11.0. The van der Waals surface area contributed by atoms with Crippen LogP contribution in [0.4, 0.5) is 11.4 Å². The third-order valence-corrected chi connectivity index (χ3v) is 6.79.